The Bertz CT molecular complexity index is 1250. The molecule has 1 amide bonds. The number of fused-ring (bicyclic) bond motifs is 1. The second kappa shape index (κ2) is 9.86. The molecule has 0 aliphatic carbocycles. The topological polar surface area (TPSA) is 117 Å². The predicted molar refractivity (Wildman–Crippen MR) is 118 cm³/mol. The molecule has 0 aliphatic heterocycles. The van der Waals surface area contributed by atoms with E-state index in [1.54, 1.807) is 57.2 Å². The largest absolute Gasteiger partial charge is 0.462 e. The number of hydrogen-bond donors (Lipinski definition) is 1. The summed E-state index contributed by atoms with van der Waals surface area (Å²) < 4.78 is 11.4. The van der Waals surface area contributed by atoms with E-state index in [9.17, 15) is 19.2 Å². The van der Waals surface area contributed by atoms with Gasteiger partial charge < -0.3 is 19.4 Å². The number of pyridine rings is 2. The van der Waals surface area contributed by atoms with Gasteiger partial charge in [-0.2, -0.15) is 0 Å². The zero-order valence-corrected chi connectivity index (χ0v) is 18.0. The third-order valence-electron chi connectivity index (χ3n) is 4.57. The van der Waals surface area contributed by atoms with Gasteiger partial charge in [-0.25, -0.2) is 14.6 Å². The number of benzene rings is 1. The summed E-state index contributed by atoms with van der Waals surface area (Å²) in [7, 11) is 0. The standard InChI is InChI=1S/C23H23N3O6/c1-4-31-22(29)15-8-6-7-9-18(15)25-19(27)13-26-12-17(23(30)32-5-2)20(28)16-11-10-14(3)24-21(16)26/h6-12H,4-5,13H2,1-3H3,(H,25,27). The monoisotopic (exact) mass is 437 g/mol. The number of hydrogen-bond acceptors (Lipinski definition) is 7. The summed E-state index contributed by atoms with van der Waals surface area (Å²) in [4.78, 5) is 54.4. The van der Waals surface area contributed by atoms with E-state index in [1.807, 2.05) is 0 Å². The molecule has 0 aliphatic rings. The second-order valence-corrected chi connectivity index (χ2v) is 6.86. The van der Waals surface area contributed by atoms with Gasteiger partial charge in [-0.05, 0) is 45.0 Å². The highest BCUT2D eigenvalue weighted by molar-refractivity contribution is 6.01. The molecule has 32 heavy (non-hydrogen) atoms. The molecule has 0 fully saturated rings. The molecule has 3 aromatic rings. The number of aromatic nitrogens is 2. The van der Waals surface area contributed by atoms with Crippen LogP contribution >= 0.6 is 0 Å². The van der Waals surface area contributed by atoms with Crippen molar-refractivity contribution in [3.63, 3.8) is 0 Å². The van der Waals surface area contributed by atoms with Crippen molar-refractivity contribution in [1.29, 1.82) is 0 Å². The third kappa shape index (κ3) is 4.83. The Morgan fingerprint density at radius 3 is 2.31 bits per heavy atom. The fourth-order valence-corrected chi connectivity index (χ4v) is 3.16. The van der Waals surface area contributed by atoms with Gasteiger partial charge in [-0.1, -0.05) is 12.1 Å². The van der Waals surface area contributed by atoms with Crippen LogP contribution in [0.15, 0.2) is 47.4 Å². The molecule has 0 unspecified atom stereocenters. The molecular weight excluding hydrogens is 414 g/mol. The zero-order valence-electron chi connectivity index (χ0n) is 18.0. The molecule has 0 radical (unpaired) electrons. The number of anilines is 1. The fourth-order valence-electron chi connectivity index (χ4n) is 3.16. The van der Waals surface area contributed by atoms with Crippen LogP contribution in [0.5, 0.6) is 0 Å². The first kappa shape index (κ1) is 22.7. The summed E-state index contributed by atoms with van der Waals surface area (Å²) in [6.45, 7) is 5.13. The fraction of sp³-hybridized carbons (Fsp3) is 0.261. The number of carbonyl (C=O) groups is 3. The minimum Gasteiger partial charge on any atom is -0.462 e. The second-order valence-electron chi connectivity index (χ2n) is 6.86. The predicted octanol–water partition coefficient (Wildman–Crippen LogP) is 2.70. The number of aryl methyl sites for hydroxylation is 1. The van der Waals surface area contributed by atoms with Crippen molar-refractivity contribution in [3.05, 3.63) is 69.6 Å². The molecule has 166 valence electrons. The van der Waals surface area contributed by atoms with Gasteiger partial charge in [0, 0.05) is 11.9 Å². The first-order chi connectivity index (χ1) is 15.3. The molecule has 0 saturated heterocycles. The number of para-hydroxylation sites is 1. The molecule has 2 aromatic heterocycles. The van der Waals surface area contributed by atoms with E-state index < -0.39 is 23.3 Å². The van der Waals surface area contributed by atoms with E-state index >= 15 is 0 Å². The molecule has 3 rings (SSSR count). The number of nitrogens with one attached hydrogen (secondary N) is 1. The van der Waals surface area contributed by atoms with Gasteiger partial charge in [0.2, 0.25) is 11.3 Å². The van der Waals surface area contributed by atoms with E-state index in [1.165, 1.54) is 10.8 Å². The van der Waals surface area contributed by atoms with Crippen molar-refractivity contribution in [3.8, 4) is 0 Å². The minimum absolute atomic E-state index is 0.105. The third-order valence-corrected chi connectivity index (χ3v) is 4.57. The van der Waals surface area contributed by atoms with Crippen LogP contribution in [0.3, 0.4) is 0 Å². The minimum atomic E-state index is -0.776. The maximum absolute atomic E-state index is 12.8. The highest BCUT2D eigenvalue weighted by Crippen LogP contribution is 2.17. The van der Waals surface area contributed by atoms with Gasteiger partial charge in [0.1, 0.15) is 17.8 Å². The highest BCUT2D eigenvalue weighted by Gasteiger charge is 2.19. The van der Waals surface area contributed by atoms with Crippen LogP contribution in [0.1, 0.15) is 40.3 Å². The molecular formula is C23H23N3O6. The lowest BCUT2D eigenvalue weighted by molar-refractivity contribution is -0.116. The van der Waals surface area contributed by atoms with E-state index in [-0.39, 0.29) is 47.6 Å². The van der Waals surface area contributed by atoms with E-state index in [0.29, 0.717) is 5.69 Å². The molecule has 1 aromatic carbocycles. The Morgan fingerprint density at radius 2 is 1.62 bits per heavy atom. The van der Waals surface area contributed by atoms with Crippen LogP contribution < -0.4 is 10.7 Å². The summed E-state index contributed by atoms with van der Waals surface area (Å²) in [5, 5.41) is 2.88. The molecule has 9 nitrogen and oxygen atoms in total. The molecule has 0 bridgehead atoms. The van der Waals surface area contributed by atoms with Gasteiger partial charge in [-0.15, -0.1) is 0 Å². The van der Waals surface area contributed by atoms with Crippen LogP contribution in [-0.4, -0.2) is 40.6 Å². The number of nitrogens with zero attached hydrogens (tertiary/aromatic N) is 2. The Hall–Kier alpha value is -4.01. The summed E-state index contributed by atoms with van der Waals surface area (Å²) in [5.41, 5.74) is 0.698. The number of rotatable bonds is 7. The van der Waals surface area contributed by atoms with E-state index in [4.69, 9.17) is 9.47 Å². The van der Waals surface area contributed by atoms with Crippen LogP contribution in [0.4, 0.5) is 5.69 Å². The van der Waals surface area contributed by atoms with E-state index in [0.717, 1.165) is 0 Å². The van der Waals surface area contributed by atoms with Crippen molar-refractivity contribution in [2.75, 3.05) is 18.5 Å². The molecule has 1 N–H and O–H groups in total. The first-order valence-corrected chi connectivity index (χ1v) is 10.1. The maximum Gasteiger partial charge on any atom is 0.343 e. The smallest absolute Gasteiger partial charge is 0.343 e. The van der Waals surface area contributed by atoms with Crippen molar-refractivity contribution in [2.45, 2.75) is 27.3 Å². The average molecular weight is 437 g/mol. The lowest BCUT2D eigenvalue weighted by Crippen LogP contribution is -2.25. The van der Waals surface area contributed by atoms with Crippen LogP contribution in [0.2, 0.25) is 0 Å². The lowest BCUT2D eigenvalue weighted by atomic mass is 10.1. The van der Waals surface area contributed by atoms with Crippen molar-refractivity contribution >= 4 is 34.6 Å². The van der Waals surface area contributed by atoms with Gasteiger partial charge in [0.25, 0.3) is 0 Å². The van der Waals surface area contributed by atoms with Crippen LogP contribution in [-0.2, 0) is 20.8 Å². The molecule has 0 spiro atoms. The summed E-state index contributed by atoms with van der Waals surface area (Å²) >= 11 is 0. The van der Waals surface area contributed by atoms with Gasteiger partial charge in [-0.3, -0.25) is 9.59 Å². The number of esters is 2. The maximum atomic E-state index is 12.8. The quantitative estimate of drug-likeness (QED) is 0.565. The lowest BCUT2D eigenvalue weighted by Gasteiger charge is -2.14. The SMILES string of the molecule is CCOC(=O)c1ccccc1NC(=O)Cn1cc(C(=O)OCC)c(=O)c2ccc(C)nc21. The van der Waals surface area contributed by atoms with Crippen molar-refractivity contribution in [2.24, 2.45) is 0 Å². The Balaban J connectivity index is 1.98. The molecule has 9 heteroatoms. The summed E-state index contributed by atoms with van der Waals surface area (Å²) in [6.07, 6.45) is 1.27. The number of amides is 1. The molecule has 0 atom stereocenters. The van der Waals surface area contributed by atoms with Gasteiger partial charge in [0.15, 0.2) is 0 Å². The van der Waals surface area contributed by atoms with Crippen molar-refractivity contribution in [1.82, 2.24) is 9.55 Å². The Kier molecular flexibility index (Phi) is 6.99. The number of ether oxygens (including phenoxy) is 2. The van der Waals surface area contributed by atoms with Gasteiger partial charge >= 0.3 is 11.9 Å². The summed E-state index contributed by atoms with van der Waals surface area (Å²) in [5.74, 6) is -1.81. The van der Waals surface area contributed by atoms with Crippen molar-refractivity contribution < 1.29 is 23.9 Å². The first-order valence-electron chi connectivity index (χ1n) is 10.1. The Morgan fingerprint density at radius 1 is 0.969 bits per heavy atom. The van der Waals surface area contributed by atoms with Gasteiger partial charge in [0.05, 0.1) is 29.9 Å². The normalized spacial score (nSPS) is 10.6. The van der Waals surface area contributed by atoms with E-state index in [2.05, 4.69) is 10.3 Å². The Labute approximate surface area is 184 Å². The number of carbonyl (C=O) groups excluding carboxylic acids is 3. The average Bonchev–Trinajstić information content (AvgIpc) is 2.76. The van der Waals surface area contributed by atoms with Crippen LogP contribution in [0.25, 0.3) is 11.0 Å². The summed E-state index contributed by atoms with van der Waals surface area (Å²) in [6, 6.07) is 9.68. The highest BCUT2D eigenvalue weighted by atomic mass is 16.5. The molecule has 2 heterocycles. The van der Waals surface area contributed by atoms with Crippen LogP contribution in [0, 0.1) is 6.92 Å². The molecule has 0 saturated carbocycles. The zero-order chi connectivity index (χ0) is 23.3.